The third kappa shape index (κ3) is 4.97. The van der Waals surface area contributed by atoms with Crippen molar-refractivity contribution in [3.8, 4) is 0 Å². The van der Waals surface area contributed by atoms with E-state index in [4.69, 9.17) is 16.3 Å². The number of halogens is 1. The molecule has 0 bridgehead atoms. The van der Waals surface area contributed by atoms with Crippen LogP contribution >= 0.6 is 11.6 Å². The maximum atomic E-state index is 5.86. The first-order valence-corrected chi connectivity index (χ1v) is 6.73. The van der Waals surface area contributed by atoms with E-state index in [1.807, 2.05) is 13.0 Å². The maximum absolute atomic E-state index is 5.86. The van der Waals surface area contributed by atoms with Gasteiger partial charge in [-0.25, -0.2) is 9.97 Å². The van der Waals surface area contributed by atoms with Gasteiger partial charge in [-0.3, -0.25) is 0 Å². The highest BCUT2D eigenvalue weighted by atomic mass is 35.5. The van der Waals surface area contributed by atoms with Gasteiger partial charge in [0.15, 0.2) is 5.82 Å². The van der Waals surface area contributed by atoms with Gasteiger partial charge in [0.1, 0.15) is 11.8 Å². The van der Waals surface area contributed by atoms with E-state index in [9.17, 15) is 0 Å². The second-order valence-electron chi connectivity index (χ2n) is 4.39. The predicted octanol–water partition coefficient (Wildman–Crippen LogP) is 3.59. The van der Waals surface area contributed by atoms with Gasteiger partial charge in [0.05, 0.1) is 0 Å². The van der Waals surface area contributed by atoms with Gasteiger partial charge >= 0.3 is 0 Å². The fourth-order valence-corrected chi connectivity index (χ4v) is 2.10. The molecule has 0 saturated carbocycles. The van der Waals surface area contributed by atoms with Crippen LogP contribution in [0.25, 0.3) is 0 Å². The van der Waals surface area contributed by atoms with Crippen LogP contribution in [0, 0.1) is 6.92 Å². The molecule has 0 radical (unpaired) electrons. The van der Waals surface area contributed by atoms with Crippen LogP contribution in [0.5, 0.6) is 0 Å². The summed E-state index contributed by atoms with van der Waals surface area (Å²) in [6.07, 6.45) is 2.01. The highest BCUT2D eigenvalue weighted by molar-refractivity contribution is 6.29. The Morgan fingerprint density at radius 1 is 1.16 bits per heavy atom. The number of hydrogen-bond donors (Lipinski definition) is 0. The molecule has 0 aliphatic heterocycles. The molecule has 19 heavy (non-hydrogen) atoms. The van der Waals surface area contributed by atoms with E-state index < -0.39 is 0 Å². The minimum Gasteiger partial charge on any atom is -0.373 e. The van der Waals surface area contributed by atoms with Gasteiger partial charge in [-0.05, 0) is 31.4 Å². The molecule has 0 atom stereocenters. The van der Waals surface area contributed by atoms with E-state index in [1.54, 1.807) is 6.07 Å². The molecule has 0 N–H and O–H groups in total. The predicted molar refractivity (Wildman–Crippen MR) is 76.2 cm³/mol. The molecule has 0 unspecified atom stereocenters. The summed E-state index contributed by atoms with van der Waals surface area (Å²) in [6.45, 7) is 3.01. The lowest BCUT2D eigenvalue weighted by atomic mass is 10.1. The van der Waals surface area contributed by atoms with Gasteiger partial charge in [0.2, 0.25) is 0 Å². The summed E-state index contributed by atoms with van der Waals surface area (Å²) in [5, 5.41) is 0.468. The zero-order valence-corrected chi connectivity index (χ0v) is 11.7. The van der Waals surface area contributed by atoms with Gasteiger partial charge in [-0.1, -0.05) is 41.9 Å². The molecule has 100 valence electrons. The summed E-state index contributed by atoms with van der Waals surface area (Å²) in [5.41, 5.74) is 2.20. The molecule has 3 nitrogen and oxygen atoms in total. The second kappa shape index (κ2) is 7.22. The van der Waals surface area contributed by atoms with Crippen LogP contribution < -0.4 is 0 Å². The SMILES string of the molecule is Cc1cc(Cl)nc(COCCCc2ccccc2)n1. The standard InChI is InChI=1S/C15H17ClN2O/c1-12-10-14(16)18-15(17-12)11-19-9-5-8-13-6-3-2-4-7-13/h2-4,6-7,10H,5,8-9,11H2,1H3. The van der Waals surface area contributed by atoms with Crippen molar-refractivity contribution >= 4 is 11.6 Å². The number of benzene rings is 1. The molecular formula is C15H17ClN2O. The summed E-state index contributed by atoms with van der Waals surface area (Å²) in [7, 11) is 0. The Morgan fingerprint density at radius 3 is 2.68 bits per heavy atom. The van der Waals surface area contributed by atoms with Crippen LogP contribution in [0.2, 0.25) is 5.15 Å². The van der Waals surface area contributed by atoms with Crippen LogP contribution in [0.15, 0.2) is 36.4 Å². The van der Waals surface area contributed by atoms with Crippen molar-refractivity contribution in [2.75, 3.05) is 6.61 Å². The number of nitrogens with zero attached hydrogens (tertiary/aromatic N) is 2. The smallest absolute Gasteiger partial charge is 0.155 e. The van der Waals surface area contributed by atoms with E-state index in [2.05, 4.69) is 34.2 Å². The van der Waals surface area contributed by atoms with Crippen molar-refractivity contribution < 1.29 is 4.74 Å². The highest BCUT2D eigenvalue weighted by Gasteiger charge is 2.01. The second-order valence-corrected chi connectivity index (χ2v) is 4.78. The number of ether oxygens (including phenoxy) is 1. The third-order valence-corrected chi connectivity index (χ3v) is 2.89. The first-order valence-electron chi connectivity index (χ1n) is 6.36. The Kier molecular flexibility index (Phi) is 5.31. The van der Waals surface area contributed by atoms with Crippen molar-refractivity contribution in [2.24, 2.45) is 0 Å². The monoisotopic (exact) mass is 276 g/mol. The zero-order valence-electron chi connectivity index (χ0n) is 11.0. The lowest BCUT2D eigenvalue weighted by molar-refractivity contribution is 0.113. The van der Waals surface area contributed by atoms with Crippen LogP contribution in [-0.2, 0) is 17.8 Å². The van der Waals surface area contributed by atoms with E-state index in [0.29, 0.717) is 24.2 Å². The van der Waals surface area contributed by atoms with E-state index in [0.717, 1.165) is 18.5 Å². The molecule has 0 spiro atoms. The molecule has 0 fully saturated rings. The van der Waals surface area contributed by atoms with Gasteiger partial charge < -0.3 is 4.74 Å². The number of aryl methyl sites for hydroxylation is 2. The minimum atomic E-state index is 0.413. The molecule has 0 saturated heterocycles. The van der Waals surface area contributed by atoms with Crippen LogP contribution in [-0.4, -0.2) is 16.6 Å². The van der Waals surface area contributed by atoms with Crippen molar-refractivity contribution in [1.82, 2.24) is 9.97 Å². The fourth-order valence-electron chi connectivity index (χ4n) is 1.84. The van der Waals surface area contributed by atoms with Gasteiger partial charge in [-0.2, -0.15) is 0 Å². The van der Waals surface area contributed by atoms with Gasteiger partial charge in [0.25, 0.3) is 0 Å². The molecule has 0 amide bonds. The van der Waals surface area contributed by atoms with Crippen molar-refractivity contribution in [2.45, 2.75) is 26.4 Å². The quantitative estimate of drug-likeness (QED) is 0.597. The summed E-state index contributed by atoms with van der Waals surface area (Å²) in [6, 6.07) is 12.1. The van der Waals surface area contributed by atoms with Crippen LogP contribution in [0.4, 0.5) is 0 Å². The Morgan fingerprint density at radius 2 is 1.95 bits per heavy atom. The van der Waals surface area contributed by atoms with Crippen molar-refractivity contribution in [3.63, 3.8) is 0 Å². The summed E-state index contributed by atoms with van der Waals surface area (Å²) in [5.74, 6) is 0.643. The Labute approximate surface area is 118 Å². The van der Waals surface area contributed by atoms with Crippen molar-refractivity contribution in [1.29, 1.82) is 0 Å². The molecule has 2 aromatic rings. The largest absolute Gasteiger partial charge is 0.373 e. The topological polar surface area (TPSA) is 35.0 Å². The maximum Gasteiger partial charge on any atom is 0.155 e. The van der Waals surface area contributed by atoms with Crippen molar-refractivity contribution in [3.05, 3.63) is 58.6 Å². The van der Waals surface area contributed by atoms with Gasteiger partial charge in [0, 0.05) is 12.3 Å². The van der Waals surface area contributed by atoms with E-state index >= 15 is 0 Å². The molecular weight excluding hydrogens is 260 g/mol. The van der Waals surface area contributed by atoms with Gasteiger partial charge in [-0.15, -0.1) is 0 Å². The molecule has 0 aliphatic carbocycles. The molecule has 2 rings (SSSR count). The number of aromatic nitrogens is 2. The normalized spacial score (nSPS) is 10.6. The Hall–Kier alpha value is -1.45. The summed E-state index contributed by atoms with van der Waals surface area (Å²) < 4.78 is 5.57. The third-order valence-electron chi connectivity index (χ3n) is 2.70. The lowest BCUT2D eigenvalue weighted by Gasteiger charge is -2.05. The summed E-state index contributed by atoms with van der Waals surface area (Å²) in [4.78, 5) is 8.39. The molecule has 1 aromatic heterocycles. The summed E-state index contributed by atoms with van der Waals surface area (Å²) >= 11 is 5.86. The number of hydrogen-bond acceptors (Lipinski definition) is 3. The first-order chi connectivity index (χ1) is 9.24. The Balaban J connectivity index is 1.69. The fraction of sp³-hybridized carbons (Fsp3) is 0.333. The van der Waals surface area contributed by atoms with E-state index in [-0.39, 0.29) is 0 Å². The van der Waals surface area contributed by atoms with Crippen LogP contribution in [0.1, 0.15) is 23.5 Å². The zero-order chi connectivity index (χ0) is 13.5. The molecule has 4 heteroatoms. The average Bonchev–Trinajstić information content (AvgIpc) is 2.38. The highest BCUT2D eigenvalue weighted by Crippen LogP contribution is 2.07. The first kappa shape index (κ1) is 14.0. The number of rotatable bonds is 6. The average molecular weight is 277 g/mol. The molecule has 1 heterocycles. The Bertz CT molecular complexity index is 497. The minimum absolute atomic E-state index is 0.413. The molecule has 1 aromatic carbocycles. The van der Waals surface area contributed by atoms with Crippen LogP contribution in [0.3, 0.4) is 0 Å². The lowest BCUT2D eigenvalue weighted by Crippen LogP contribution is -2.02. The van der Waals surface area contributed by atoms with E-state index in [1.165, 1.54) is 5.56 Å². The molecule has 0 aliphatic rings.